The quantitative estimate of drug-likeness (QED) is 0.739. The zero-order chi connectivity index (χ0) is 19.2. The number of aromatic nitrogens is 2. The molecule has 0 spiro atoms. The van der Waals surface area contributed by atoms with E-state index in [9.17, 15) is 9.18 Å². The minimum atomic E-state index is -0.295. The van der Waals surface area contributed by atoms with E-state index in [1.165, 1.54) is 12.1 Å². The van der Waals surface area contributed by atoms with Crippen molar-refractivity contribution in [2.24, 2.45) is 0 Å². The lowest BCUT2D eigenvalue weighted by Crippen LogP contribution is -2.35. The van der Waals surface area contributed by atoms with E-state index in [0.29, 0.717) is 44.5 Å². The summed E-state index contributed by atoms with van der Waals surface area (Å²) in [6.45, 7) is 4.14. The molecule has 1 atom stereocenters. The smallest absolute Gasteiger partial charge is 0.222 e. The first-order valence-electron chi connectivity index (χ1n) is 9.17. The molecule has 0 aliphatic carbocycles. The average Bonchev–Trinajstić information content (AvgIpc) is 2.95. The molecule has 1 amide bonds. The molecule has 27 heavy (non-hydrogen) atoms. The van der Waals surface area contributed by atoms with Crippen molar-refractivity contribution >= 4 is 5.91 Å². The normalized spacial score (nSPS) is 18.0. The molecule has 0 saturated carbocycles. The fourth-order valence-corrected chi connectivity index (χ4v) is 3.26. The zero-order valence-corrected chi connectivity index (χ0v) is 15.7. The zero-order valence-electron chi connectivity index (χ0n) is 15.7. The summed E-state index contributed by atoms with van der Waals surface area (Å²) in [7, 11) is 2.04. The molecule has 3 rings (SSSR count). The Hall–Kier alpha value is -2.48. The SMILES string of the molecule is Cc1nonc1CN(C)C1CCC(=O)N(CCOc2ccc(F)cc2)CC1. The standard InChI is InChI=1S/C19H25FN4O3/c1-14-18(22-27-21-14)13-23(2)16-5-8-19(25)24(10-9-16)11-12-26-17-6-3-15(20)4-7-17/h3-4,6-7,16H,5,8-13H2,1-2H3. The van der Waals surface area contributed by atoms with Crippen molar-refractivity contribution in [2.45, 2.75) is 38.8 Å². The average molecular weight is 376 g/mol. The van der Waals surface area contributed by atoms with E-state index in [1.807, 2.05) is 18.9 Å². The van der Waals surface area contributed by atoms with E-state index in [-0.39, 0.29) is 11.7 Å². The maximum Gasteiger partial charge on any atom is 0.222 e. The van der Waals surface area contributed by atoms with Gasteiger partial charge in [-0.15, -0.1) is 0 Å². The second-order valence-corrected chi connectivity index (χ2v) is 6.88. The number of rotatable bonds is 7. The number of benzene rings is 1. The van der Waals surface area contributed by atoms with Gasteiger partial charge in [0.1, 0.15) is 29.6 Å². The molecule has 0 N–H and O–H groups in total. The number of halogens is 1. The van der Waals surface area contributed by atoms with Gasteiger partial charge in [0.05, 0.1) is 6.54 Å². The number of carbonyl (C=O) groups excluding carboxylic acids is 1. The monoisotopic (exact) mass is 376 g/mol. The third kappa shape index (κ3) is 5.26. The van der Waals surface area contributed by atoms with Crippen LogP contribution in [0.25, 0.3) is 0 Å². The fourth-order valence-electron chi connectivity index (χ4n) is 3.26. The van der Waals surface area contributed by atoms with Gasteiger partial charge in [0.25, 0.3) is 0 Å². The fraction of sp³-hybridized carbons (Fsp3) is 0.526. The van der Waals surface area contributed by atoms with Crippen molar-refractivity contribution in [3.05, 3.63) is 41.5 Å². The molecular formula is C19H25FN4O3. The first-order chi connectivity index (χ1) is 13.0. The Labute approximate surface area is 158 Å². The second kappa shape index (κ2) is 8.94. The van der Waals surface area contributed by atoms with Crippen LogP contribution in [0.5, 0.6) is 5.75 Å². The van der Waals surface area contributed by atoms with Crippen molar-refractivity contribution in [3.8, 4) is 5.75 Å². The molecule has 1 saturated heterocycles. The van der Waals surface area contributed by atoms with Gasteiger partial charge in [0.15, 0.2) is 0 Å². The third-order valence-corrected chi connectivity index (χ3v) is 4.99. The van der Waals surface area contributed by atoms with Crippen LogP contribution in [0.2, 0.25) is 0 Å². The summed E-state index contributed by atoms with van der Waals surface area (Å²) in [6.07, 6.45) is 2.22. The molecule has 2 heterocycles. The molecule has 0 bridgehead atoms. The Balaban J connectivity index is 1.47. The lowest BCUT2D eigenvalue weighted by Gasteiger charge is -2.26. The molecule has 1 aromatic carbocycles. The van der Waals surface area contributed by atoms with Crippen LogP contribution in [0.4, 0.5) is 4.39 Å². The lowest BCUT2D eigenvalue weighted by atomic mass is 10.1. The molecule has 1 aliphatic rings. The van der Waals surface area contributed by atoms with E-state index < -0.39 is 0 Å². The van der Waals surface area contributed by atoms with Gasteiger partial charge in [-0.25, -0.2) is 9.02 Å². The van der Waals surface area contributed by atoms with Crippen molar-refractivity contribution in [1.82, 2.24) is 20.1 Å². The number of amides is 1. The van der Waals surface area contributed by atoms with Crippen molar-refractivity contribution in [1.29, 1.82) is 0 Å². The molecule has 1 aromatic heterocycles. The maximum absolute atomic E-state index is 12.9. The van der Waals surface area contributed by atoms with Crippen molar-refractivity contribution in [2.75, 3.05) is 26.7 Å². The molecule has 7 nitrogen and oxygen atoms in total. The first-order valence-corrected chi connectivity index (χ1v) is 9.17. The summed E-state index contributed by atoms with van der Waals surface area (Å²) in [5.41, 5.74) is 1.63. The predicted molar refractivity (Wildman–Crippen MR) is 96.6 cm³/mol. The van der Waals surface area contributed by atoms with E-state index in [2.05, 4.69) is 15.2 Å². The summed E-state index contributed by atoms with van der Waals surface area (Å²) < 4.78 is 23.3. The highest BCUT2D eigenvalue weighted by Crippen LogP contribution is 2.19. The lowest BCUT2D eigenvalue weighted by molar-refractivity contribution is -0.131. The number of hydrogen-bond donors (Lipinski definition) is 0. The minimum Gasteiger partial charge on any atom is -0.492 e. The number of aryl methyl sites for hydroxylation is 1. The van der Waals surface area contributed by atoms with Crippen LogP contribution in [0, 0.1) is 12.7 Å². The molecule has 0 radical (unpaired) electrons. The molecule has 8 heteroatoms. The van der Waals surface area contributed by atoms with E-state index in [4.69, 9.17) is 9.37 Å². The van der Waals surface area contributed by atoms with E-state index in [1.54, 1.807) is 12.1 Å². The number of carbonyl (C=O) groups is 1. The summed E-state index contributed by atoms with van der Waals surface area (Å²) in [4.78, 5) is 16.5. The largest absolute Gasteiger partial charge is 0.492 e. The highest BCUT2D eigenvalue weighted by Gasteiger charge is 2.25. The van der Waals surface area contributed by atoms with Gasteiger partial charge in [0.2, 0.25) is 5.91 Å². The molecular weight excluding hydrogens is 351 g/mol. The van der Waals surface area contributed by atoms with Crippen LogP contribution in [0.1, 0.15) is 30.7 Å². The van der Waals surface area contributed by atoms with Crippen LogP contribution in [0.3, 0.4) is 0 Å². The number of ether oxygens (including phenoxy) is 1. The van der Waals surface area contributed by atoms with Crippen LogP contribution in [-0.4, -0.2) is 58.8 Å². The topological polar surface area (TPSA) is 71.7 Å². The van der Waals surface area contributed by atoms with Gasteiger partial charge >= 0.3 is 0 Å². The Bertz CT molecular complexity index is 750. The molecule has 1 unspecified atom stereocenters. The van der Waals surface area contributed by atoms with Gasteiger partial charge in [-0.05, 0) is 51.1 Å². The first kappa shape index (κ1) is 19.3. The summed E-state index contributed by atoms with van der Waals surface area (Å²) in [6, 6.07) is 6.20. The van der Waals surface area contributed by atoms with Gasteiger partial charge < -0.3 is 9.64 Å². The van der Waals surface area contributed by atoms with E-state index >= 15 is 0 Å². The third-order valence-electron chi connectivity index (χ3n) is 4.99. The van der Waals surface area contributed by atoms with Gasteiger partial charge in [-0.1, -0.05) is 10.3 Å². The maximum atomic E-state index is 12.9. The molecule has 1 fully saturated rings. The Morgan fingerprint density at radius 3 is 2.78 bits per heavy atom. The Kier molecular flexibility index (Phi) is 6.39. The molecule has 2 aromatic rings. The van der Waals surface area contributed by atoms with Gasteiger partial charge in [-0.2, -0.15) is 0 Å². The highest BCUT2D eigenvalue weighted by atomic mass is 19.1. The van der Waals surface area contributed by atoms with Crippen LogP contribution < -0.4 is 4.74 Å². The number of likely N-dealkylation sites (tertiary alicyclic amines) is 1. The van der Waals surface area contributed by atoms with Crippen LogP contribution >= 0.6 is 0 Å². The van der Waals surface area contributed by atoms with Gasteiger partial charge in [0, 0.05) is 25.6 Å². The van der Waals surface area contributed by atoms with Crippen LogP contribution in [0.15, 0.2) is 28.9 Å². The van der Waals surface area contributed by atoms with Gasteiger partial charge in [-0.3, -0.25) is 9.69 Å². The second-order valence-electron chi connectivity index (χ2n) is 6.88. The highest BCUT2D eigenvalue weighted by molar-refractivity contribution is 5.76. The molecule has 1 aliphatic heterocycles. The van der Waals surface area contributed by atoms with E-state index in [0.717, 1.165) is 24.2 Å². The minimum absolute atomic E-state index is 0.146. The van der Waals surface area contributed by atoms with Crippen LogP contribution in [-0.2, 0) is 11.3 Å². The van der Waals surface area contributed by atoms with Crippen molar-refractivity contribution in [3.63, 3.8) is 0 Å². The predicted octanol–water partition coefficient (Wildman–Crippen LogP) is 2.41. The number of nitrogens with zero attached hydrogens (tertiary/aromatic N) is 4. The summed E-state index contributed by atoms with van der Waals surface area (Å²) in [5.74, 6) is 0.456. The summed E-state index contributed by atoms with van der Waals surface area (Å²) >= 11 is 0. The number of hydrogen-bond acceptors (Lipinski definition) is 6. The Morgan fingerprint density at radius 2 is 2.07 bits per heavy atom. The summed E-state index contributed by atoms with van der Waals surface area (Å²) in [5, 5.41) is 7.74. The molecule has 146 valence electrons. The van der Waals surface area contributed by atoms with Crippen molar-refractivity contribution < 1.29 is 18.6 Å². The Morgan fingerprint density at radius 1 is 1.30 bits per heavy atom.